The molecule has 5 rings (SSSR count). The molecule has 1 amide bonds. The van der Waals surface area contributed by atoms with Crippen molar-refractivity contribution in [2.24, 2.45) is 0 Å². The quantitative estimate of drug-likeness (QED) is 0.528. The van der Waals surface area contributed by atoms with Gasteiger partial charge < -0.3 is 4.90 Å². The first kappa shape index (κ1) is 19.8. The first-order valence-corrected chi connectivity index (χ1v) is 12.3. The number of benzene rings is 1. The summed E-state index contributed by atoms with van der Waals surface area (Å²) in [6, 6.07) is 10.9. The summed E-state index contributed by atoms with van der Waals surface area (Å²) in [5, 5.41) is 12.2. The Kier molecular flexibility index (Phi) is 5.41. The van der Waals surface area contributed by atoms with Crippen molar-refractivity contribution in [2.45, 2.75) is 49.9 Å². The molecular formula is C23H24FN3OS2. The van der Waals surface area contributed by atoms with Crippen LogP contribution in [0.25, 0.3) is 10.6 Å². The van der Waals surface area contributed by atoms with Gasteiger partial charge in [-0.1, -0.05) is 42.4 Å². The van der Waals surface area contributed by atoms with Gasteiger partial charge in [0.2, 0.25) is 5.91 Å². The van der Waals surface area contributed by atoms with E-state index in [-0.39, 0.29) is 23.1 Å². The number of carbonyl (C=O) groups is 1. The Morgan fingerprint density at radius 3 is 2.70 bits per heavy atom. The highest BCUT2D eigenvalue weighted by Crippen LogP contribution is 2.45. The van der Waals surface area contributed by atoms with Gasteiger partial charge in [0.25, 0.3) is 0 Å². The SMILES string of the molecule is O=C(N1CCCC(c2nnc(-c3ccccc3F)s2)C1)C1(c2cccs2)CCCC1. The molecule has 3 heterocycles. The third kappa shape index (κ3) is 3.48. The normalized spacial score (nSPS) is 21.1. The van der Waals surface area contributed by atoms with Crippen LogP contribution in [0.2, 0.25) is 0 Å². The van der Waals surface area contributed by atoms with E-state index in [0.29, 0.717) is 17.1 Å². The zero-order valence-electron chi connectivity index (χ0n) is 16.7. The van der Waals surface area contributed by atoms with Crippen LogP contribution in [-0.4, -0.2) is 34.1 Å². The van der Waals surface area contributed by atoms with Crippen LogP contribution in [-0.2, 0) is 10.2 Å². The summed E-state index contributed by atoms with van der Waals surface area (Å²) in [4.78, 5) is 17.0. The molecule has 2 fully saturated rings. The fourth-order valence-electron chi connectivity index (χ4n) is 4.90. The van der Waals surface area contributed by atoms with E-state index in [1.165, 1.54) is 22.3 Å². The molecule has 1 aliphatic carbocycles. The molecule has 2 aromatic heterocycles. The number of hydrogen-bond acceptors (Lipinski definition) is 5. The third-order valence-corrected chi connectivity index (χ3v) is 8.66. The molecule has 1 atom stereocenters. The first-order valence-electron chi connectivity index (χ1n) is 10.6. The van der Waals surface area contributed by atoms with Crippen LogP contribution in [0.5, 0.6) is 0 Å². The van der Waals surface area contributed by atoms with Gasteiger partial charge in [0.1, 0.15) is 10.8 Å². The van der Waals surface area contributed by atoms with Crippen molar-refractivity contribution in [3.05, 3.63) is 57.5 Å². The molecule has 1 saturated heterocycles. The maximum atomic E-state index is 14.1. The lowest BCUT2D eigenvalue weighted by Gasteiger charge is -2.38. The fraction of sp³-hybridized carbons (Fsp3) is 0.435. The van der Waals surface area contributed by atoms with E-state index >= 15 is 0 Å². The van der Waals surface area contributed by atoms with Crippen LogP contribution in [0, 0.1) is 5.82 Å². The average molecular weight is 442 g/mol. The summed E-state index contributed by atoms with van der Waals surface area (Å²) in [6.07, 6.45) is 6.08. The number of amides is 1. The predicted molar refractivity (Wildman–Crippen MR) is 118 cm³/mol. The number of rotatable bonds is 4. The van der Waals surface area contributed by atoms with Gasteiger partial charge in [-0.05, 0) is 49.3 Å². The molecule has 30 heavy (non-hydrogen) atoms. The van der Waals surface area contributed by atoms with Crippen molar-refractivity contribution >= 4 is 28.6 Å². The highest BCUT2D eigenvalue weighted by atomic mass is 32.1. The second-order valence-electron chi connectivity index (χ2n) is 8.28. The van der Waals surface area contributed by atoms with Crippen LogP contribution in [0.4, 0.5) is 4.39 Å². The zero-order valence-corrected chi connectivity index (χ0v) is 18.4. The van der Waals surface area contributed by atoms with E-state index < -0.39 is 0 Å². The summed E-state index contributed by atoms with van der Waals surface area (Å²) in [7, 11) is 0. The number of hydrogen-bond donors (Lipinski definition) is 0. The molecule has 1 aliphatic heterocycles. The van der Waals surface area contributed by atoms with E-state index in [2.05, 4.69) is 32.6 Å². The molecule has 2 aliphatic rings. The Morgan fingerprint density at radius 2 is 1.93 bits per heavy atom. The van der Waals surface area contributed by atoms with Gasteiger partial charge in [0.15, 0.2) is 5.01 Å². The van der Waals surface area contributed by atoms with Gasteiger partial charge in [-0.15, -0.1) is 21.5 Å². The van der Waals surface area contributed by atoms with Crippen LogP contribution >= 0.6 is 22.7 Å². The van der Waals surface area contributed by atoms with Crippen molar-refractivity contribution in [1.29, 1.82) is 0 Å². The number of aromatic nitrogens is 2. The van der Waals surface area contributed by atoms with E-state index in [9.17, 15) is 9.18 Å². The van der Waals surface area contributed by atoms with E-state index in [4.69, 9.17) is 0 Å². The molecule has 1 aromatic carbocycles. The van der Waals surface area contributed by atoms with Gasteiger partial charge in [-0.25, -0.2) is 4.39 Å². The van der Waals surface area contributed by atoms with Gasteiger partial charge in [-0.3, -0.25) is 4.79 Å². The van der Waals surface area contributed by atoms with Crippen molar-refractivity contribution in [3.63, 3.8) is 0 Å². The molecule has 0 N–H and O–H groups in total. The Hall–Kier alpha value is -2.12. The number of nitrogens with zero attached hydrogens (tertiary/aromatic N) is 3. The second kappa shape index (κ2) is 8.19. The summed E-state index contributed by atoms with van der Waals surface area (Å²) in [6.45, 7) is 1.49. The summed E-state index contributed by atoms with van der Waals surface area (Å²) < 4.78 is 14.1. The van der Waals surface area contributed by atoms with Gasteiger partial charge in [0, 0.05) is 29.4 Å². The number of thiophene rings is 1. The fourth-order valence-corrected chi connectivity index (χ4v) is 6.88. The lowest BCUT2D eigenvalue weighted by Crippen LogP contribution is -2.48. The standard InChI is InChI=1S/C23H24FN3OS2/c24-18-9-2-1-8-17(18)21-26-25-20(30-21)16-7-5-13-27(15-16)22(28)23(11-3-4-12-23)19-10-6-14-29-19/h1-2,6,8-10,14,16H,3-5,7,11-13,15H2. The molecule has 3 aromatic rings. The van der Waals surface area contributed by atoms with Gasteiger partial charge in [-0.2, -0.15) is 0 Å². The van der Waals surface area contributed by atoms with Crippen LogP contribution < -0.4 is 0 Å². The molecule has 4 nitrogen and oxygen atoms in total. The number of likely N-dealkylation sites (tertiary alicyclic amines) is 1. The first-order chi connectivity index (χ1) is 14.7. The molecule has 1 saturated carbocycles. The monoisotopic (exact) mass is 441 g/mol. The van der Waals surface area contributed by atoms with Crippen molar-refractivity contribution < 1.29 is 9.18 Å². The van der Waals surface area contributed by atoms with Crippen LogP contribution in [0.3, 0.4) is 0 Å². The smallest absolute Gasteiger partial charge is 0.234 e. The van der Waals surface area contributed by atoms with E-state index in [0.717, 1.165) is 50.1 Å². The largest absolute Gasteiger partial charge is 0.341 e. The molecule has 7 heteroatoms. The molecule has 0 radical (unpaired) electrons. The van der Waals surface area contributed by atoms with Gasteiger partial charge in [0.05, 0.1) is 5.41 Å². The zero-order chi connectivity index (χ0) is 20.6. The lowest BCUT2D eigenvalue weighted by molar-refractivity contribution is -0.138. The van der Waals surface area contributed by atoms with Crippen LogP contribution in [0.15, 0.2) is 41.8 Å². The third-order valence-electron chi connectivity index (χ3n) is 6.46. The second-order valence-corrected chi connectivity index (χ2v) is 10.2. The van der Waals surface area contributed by atoms with Gasteiger partial charge >= 0.3 is 0 Å². The lowest BCUT2D eigenvalue weighted by atomic mass is 9.82. The minimum atomic E-state index is -0.338. The predicted octanol–water partition coefficient (Wildman–Crippen LogP) is 5.62. The maximum absolute atomic E-state index is 14.1. The number of carbonyl (C=O) groups excluding carboxylic acids is 1. The minimum absolute atomic E-state index is 0.169. The van der Waals surface area contributed by atoms with Crippen molar-refractivity contribution in [3.8, 4) is 10.6 Å². The molecule has 156 valence electrons. The maximum Gasteiger partial charge on any atom is 0.234 e. The Bertz CT molecular complexity index is 1030. The van der Waals surface area contributed by atoms with Crippen LogP contribution in [0.1, 0.15) is 54.3 Å². The Labute approximate surface area is 183 Å². The van der Waals surface area contributed by atoms with E-state index in [1.54, 1.807) is 23.5 Å². The van der Waals surface area contributed by atoms with E-state index in [1.807, 2.05) is 6.07 Å². The Balaban J connectivity index is 1.37. The summed E-state index contributed by atoms with van der Waals surface area (Å²) in [5.41, 5.74) is 0.155. The molecule has 1 unspecified atom stereocenters. The van der Waals surface area contributed by atoms with Crippen molar-refractivity contribution in [1.82, 2.24) is 15.1 Å². The topological polar surface area (TPSA) is 46.1 Å². The molecule has 0 bridgehead atoms. The number of piperidine rings is 1. The highest BCUT2D eigenvalue weighted by Gasteiger charge is 2.46. The summed E-state index contributed by atoms with van der Waals surface area (Å²) in [5.74, 6) is 0.174. The summed E-state index contributed by atoms with van der Waals surface area (Å²) >= 11 is 3.16. The molecular weight excluding hydrogens is 417 g/mol. The molecule has 0 spiro atoms. The minimum Gasteiger partial charge on any atom is -0.341 e. The highest BCUT2D eigenvalue weighted by molar-refractivity contribution is 7.14. The Morgan fingerprint density at radius 1 is 1.10 bits per heavy atom. The number of halogens is 1. The average Bonchev–Trinajstić information content (AvgIpc) is 3.55. The van der Waals surface area contributed by atoms with Crippen molar-refractivity contribution in [2.75, 3.05) is 13.1 Å².